The summed E-state index contributed by atoms with van der Waals surface area (Å²) in [7, 11) is 0. The van der Waals surface area contributed by atoms with E-state index in [0.29, 0.717) is 0 Å². The molecule has 0 aliphatic carbocycles. The van der Waals surface area contributed by atoms with Crippen LogP contribution in [0.5, 0.6) is 0 Å². The normalized spacial score (nSPS) is 17.8. The summed E-state index contributed by atoms with van der Waals surface area (Å²) in [4.78, 5) is 14.5. The van der Waals surface area contributed by atoms with Crippen molar-refractivity contribution in [3.05, 3.63) is 16.6 Å². The van der Waals surface area contributed by atoms with Crippen molar-refractivity contribution in [2.75, 3.05) is 19.6 Å². The fourth-order valence-corrected chi connectivity index (χ4v) is 2.93. The molecular weight excluding hydrogens is 256 g/mol. The van der Waals surface area contributed by atoms with Gasteiger partial charge in [-0.25, -0.2) is 0 Å². The largest absolute Gasteiger partial charge is 0.303 e. The molecule has 3 nitrogen and oxygen atoms in total. The summed E-state index contributed by atoms with van der Waals surface area (Å²) in [6.07, 6.45) is 2.56. The summed E-state index contributed by atoms with van der Waals surface area (Å²) in [5.74, 6) is 0.339. The quantitative estimate of drug-likeness (QED) is 0.792. The molecule has 5 heteroatoms. The molecule has 1 aromatic rings. The molecular formula is C12H19ClN2OS. The van der Waals surface area contributed by atoms with Gasteiger partial charge in [-0.2, -0.15) is 4.37 Å². The monoisotopic (exact) mass is 274 g/mol. The summed E-state index contributed by atoms with van der Waals surface area (Å²) in [6, 6.07) is 0. The first kappa shape index (κ1) is 14.6. The van der Waals surface area contributed by atoms with Gasteiger partial charge in [0.1, 0.15) is 0 Å². The topological polar surface area (TPSA) is 33.2 Å². The minimum atomic E-state index is 0. The van der Waals surface area contributed by atoms with Gasteiger partial charge < -0.3 is 4.90 Å². The molecule has 1 atom stereocenters. The average Bonchev–Trinajstić information content (AvgIpc) is 2.88. The van der Waals surface area contributed by atoms with E-state index in [1.54, 1.807) is 0 Å². The van der Waals surface area contributed by atoms with E-state index in [1.807, 2.05) is 19.2 Å². The zero-order valence-electron chi connectivity index (χ0n) is 10.3. The molecule has 96 valence electrons. The standard InChI is InChI=1S/C12H18N2OS.ClH/c1-9(7-14-5-3-4-6-14)12(15)11-8-16-13-10(11)2;/h8-9H,3-7H2,1-2H3;1H. The molecule has 2 rings (SSSR count). The molecule has 0 aromatic carbocycles. The SMILES string of the molecule is Cc1nscc1C(=O)C(C)CN1CCCC1.Cl. The van der Waals surface area contributed by atoms with Gasteiger partial charge in [-0.3, -0.25) is 4.79 Å². The Kier molecular flexibility index (Phi) is 5.56. The zero-order valence-corrected chi connectivity index (χ0v) is 11.9. The van der Waals surface area contributed by atoms with Gasteiger partial charge in [0.15, 0.2) is 5.78 Å². The Balaban J connectivity index is 0.00000144. The van der Waals surface area contributed by atoms with Crippen LogP contribution in [0.25, 0.3) is 0 Å². The van der Waals surface area contributed by atoms with E-state index in [0.717, 1.165) is 30.9 Å². The molecule has 1 unspecified atom stereocenters. The first-order valence-corrected chi connectivity index (χ1v) is 6.69. The molecule has 1 aromatic heterocycles. The molecule has 0 amide bonds. The van der Waals surface area contributed by atoms with E-state index in [2.05, 4.69) is 9.27 Å². The molecule has 1 saturated heterocycles. The summed E-state index contributed by atoms with van der Waals surface area (Å²) in [5.41, 5.74) is 1.69. The van der Waals surface area contributed by atoms with Crippen molar-refractivity contribution >= 4 is 29.7 Å². The van der Waals surface area contributed by atoms with Crippen molar-refractivity contribution in [2.24, 2.45) is 5.92 Å². The lowest BCUT2D eigenvalue weighted by molar-refractivity contribution is 0.0902. The van der Waals surface area contributed by atoms with Crippen LogP contribution in [0.2, 0.25) is 0 Å². The summed E-state index contributed by atoms with van der Waals surface area (Å²) in [6.45, 7) is 7.13. The van der Waals surface area contributed by atoms with Gasteiger partial charge in [0.2, 0.25) is 0 Å². The second-order valence-electron chi connectivity index (χ2n) is 4.59. The highest BCUT2D eigenvalue weighted by molar-refractivity contribution is 7.03. The third-order valence-corrected chi connectivity index (χ3v) is 3.91. The van der Waals surface area contributed by atoms with Gasteiger partial charge in [0.25, 0.3) is 0 Å². The molecule has 0 spiro atoms. The second-order valence-corrected chi connectivity index (χ2v) is 5.22. The first-order valence-electron chi connectivity index (χ1n) is 5.86. The Hall–Kier alpha value is -0.450. The number of carbonyl (C=O) groups is 1. The molecule has 0 N–H and O–H groups in total. The minimum Gasteiger partial charge on any atom is -0.303 e. The van der Waals surface area contributed by atoms with Crippen molar-refractivity contribution < 1.29 is 4.79 Å². The minimum absolute atomic E-state index is 0. The molecule has 0 saturated carbocycles. The third kappa shape index (κ3) is 3.50. The number of hydrogen-bond donors (Lipinski definition) is 0. The van der Waals surface area contributed by atoms with Crippen LogP contribution < -0.4 is 0 Å². The van der Waals surface area contributed by atoms with Crippen LogP contribution in [0.3, 0.4) is 0 Å². The molecule has 2 heterocycles. The zero-order chi connectivity index (χ0) is 11.5. The van der Waals surface area contributed by atoms with Gasteiger partial charge in [-0.05, 0) is 44.4 Å². The van der Waals surface area contributed by atoms with Crippen LogP contribution in [0.4, 0.5) is 0 Å². The number of hydrogen-bond acceptors (Lipinski definition) is 4. The smallest absolute Gasteiger partial charge is 0.169 e. The lowest BCUT2D eigenvalue weighted by atomic mass is 10.00. The van der Waals surface area contributed by atoms with Gasteiger partial charge >= 0.3 is 0 Å². The van der Waals surface area contributed by atoms with E-state index in [1.165, 1.54) is 24.4 Å². The van der Waals surface area contributed by atoms with Crippen molar-refractivity contribution in [1.82, 2.24) is 9.27 Å². The number of Topliss-reactive ketones (excluding diaryl/α,β-unsaturated/α-hetero) is 1. The van der Waals surface area contributed by atoms with Gasteiger partial charge in [-0.15, -0.1) is 12.4 Å². The van der Waals surface area contributed by atoms with Gasteiger partial charge in [-0.1, -0.05) is 6.92 Å². The highest BCUT2D eigenvalue weighted by Crippen LogP contribution is 2.17. The number of halogens is 1. The first-order chi connectivity index (χ1) is 7.68. The maximum absolute atomic E-state index is 12.2. The molecule has 0 radical (unpaired) electrons. The molecule has 0 bridgehead atoms. The lowest BCUT2D eigenvalue weighted by Gasteiger charge is -2.18. The maximum Gasteiger partial charge on any atom is 0.169 e. The van der Waals surface area contributed by atoms with Crippen molar-refractivity contribution in [3.63, 3.8) is 0 Å². The number of nitrogens with zero attached hydrogens (tertiary/aromatic N) is 2. The van der Waals surface area contributed by atoms with E-state index in [4.69, 9.17) is 0 Å². The summed E-state index contributed by atoms with van der Waals surface area (Å²) in [5, 5.41) is 1.87. The predicted molar refractivity (Wildman–Crippen MR) is 73.3 cm³/mol. The molecule has 1 aliphatic rings. The lowest BCUT2D eigenvalue weighted by Crippen LogP contribution is -2.29. The number of aromatic nitrogens is 1. The van der Waals surface area contributed by atoms with E-state index >= 15 is 0 Å². The highest BCUT2D eigenvalue weighted by Gasteiger charge is 2.22. The predicted octanol–water partition coefficient (Wildman–Crippen LogP) is 2.79. The number of rotatable bonds is 4. The van der Waals surface area contributed by atoms with E-state index in [-0.39, 0.29) is 24.1 Å². The number of ketones is 1. The molecule has 1 fully saturated rings. The fourth-order valence-electron chi connectivity index (χ4n) is 2.23. The molecule has 1 aliphatic heterocycles. The Morgan fingerprint density at radius 2 is 2.18 bits per heavy atom. The van der Waals surface area contributed by atoms with Gasteiger partial charge in [0, 0.05) is 17.8 Å². The van der Waals surface area contributed by atoms with Gasteiger partial charge in [0.05, 0.1) is 11.3 Å². The summed E-state index contributed by atoms with van der Waals surface area (Å²) < 4.78 is 4.16. The highest BCUT2D eigenvalue weighted by atomic mass is 35.5. The number of likely N-dealkylation sites (tertiary alicyclic amines) is 1. The van der Waals surface area contributed by atoms with Crippen LogP contribution in [0, 0.1) is 12.8 Å². The van der Waals surface area contributed by atoms with Crippen LogP contribution in [0.15, 0.2) is 5.38 Å². The second kappa shape index (κ2) is 6.47. The van der Waals surface area contributed by atoms with Crippen LogP contribution >= 0.6 is 23.9 Å². The average molecular weight is 275 g/mol. The van der Waals surface area contributed by atoms with Crippen molar-refractivity contribution in [2.45, 2.75) is 26.7 Å². The Morgan fingerprint density at radius 1 is 1.53 bits per heavy atom. The fraction of sp³-hybridized carbons (Fsp3) is 0.667. The summed E-state index contributed by atoms with van der Waals surface area (Å²) >= 11 is 1.37. The van der Waals surface area contributed by atoms with Crippen LogP contribution in [-0.2, 0) is 0 Å². The Morgan fingerprint density at radius 3 is 2.71 bits per heavy atom. The van der Waals surface area contributed by atoms with Crippen molar-refractivity contribution in [3.8, 4) is 0 Å². The Bertz CT molecular complexity index is 374. The number of aryl methyl sites for hydroxylation is 1. The van der Waals surface area contributed by atoms with Crippen LogP contribution in [0.1, 0.15) is 35.8 Å². The third-order valence-electron chi connectivity index (χ3n) is 3.19. The number of carbonyl (C=O) groups excluding carboxylic acids is 1. The van der Waals surface area contributed by atoms with E-state index in [9.17, 15) is 4.79 Å². The van der Waals surface area contributed by atoms with Crippen molar-refractivity contribution in [1.29, 1.82) is 0 Å². The van der Waals surface area contributed by atoms with E-state index < -0.39 is 0 Å². The Labute approximate surface area is 113 Å². The molecule has 17 heavy (non-hydrogen) atoms. The van der Waals surface area contributed by atoms with Crippen LogP contribution in [-0.4, -0.2) is 34.7 Å². The maximum atomic E-state index is 12.2.